The third-order valence-corrected chi connectivity index (χ3v) is 3.47. The maximum atomic E-state index is 10.4. The van der Waals surface area contributed by atoms with Crippen molar-refractivity contribution in [3.63, 3.8) is 0 Å². The normalized spacial score (nSPS) is 12.5. The Balaban J connectivity index is 2.29. The Morgan fingerprint density at radius 2 is 1.79 bits per heavy atom. The van der Waals surface area contributed by atoms with E-state index in [9.17, 15) is 5.11 Å². The fourth-order valence-corrected chi connectivity index (χ4v) is 2.41. The minimum absolute atomic E-state index is 0.121. The second kappa shape index (κ2) is 6.22. The zero-order chi connectivity index (χ0) is 13.8. The molecule has 0 saturated carbocycles. The van der Waals surface area contributed by atoms with E-state index in [-0.39, 0.29) is 6.10 Å². The summed E-state index contributed by atoms with van der Waals surface area (Å²) in [6, 6.07) is 15.2. The summed E-state index contributed by atoms with van der Waals surface area (Å²) in [6.45, 7) is 3.97. The molecule has 0 radical (unpaired) electrons. The summed E-state index contributed by atoms with van der Waals surface area (Å²) in [5, 5.41) is 10.4. The molecule has 2 aromatic rings. The lowest BCUT2D eigenvalue weighted by Crippen LogP contribution is -2.06. The van der Waals surface area contributed by atoms with Crippen LogP contribution in [0.15, 0.2) is 53.0 Å². The molecule has 0 bridgehead atoms. The van der Waals surface area contributed by atoms with E-state index >= 15 is 0 Å². The monoisotopic (exact) mass is 320 g/mol. The van der Waals surface area contributed by atoms with Gasteiger partial charge in [-0.05, 0) is 43.2 Å². The predicted octanol–water partition coefficient (Wildman–Crippen LogP) is 4.32. The van der Waals surface area contributed by atoms with Crippen LogP contribution in [0.3, 0.4) is 0 Å². The average molecular weight is 321 g/mol. The number of ether oxygens (including phenoxy) is 1. The highest BCUT2D eigenvalue weighted by molar-refractivity contribution is 9.10. The van der Waals surface area contributed by atoms with Crippen molar-refractivity contribution in [3.05, 3.63) is 64.1 Å². The molecule has 0 aliphatic carbocycles. The molecule has 2 rings (SSSR count). The van der Waals surface area contributed by atoms with Gasteiger partial charge in [-0.15, -0.1) is 0 Å². The van der Waals surface area contributed by atoms with Gasteiger partial charge in [0, 0.05) is 4.47 Å². The number of rotatable bonds is 4. The molecule has 2 nitrogen and oxygen atoms in total. The number of aliphatic hydroxyl groups is 1. The first-order valence-corrected chi connectivity index (χ1v) is 7.06. The third kappa shape index (κ3) is 3.58. The Labute approximate surface area is 122 Å². The van der Waals surface area contributed by atoms with E-state index in [4.69, 9.17) is 4.74 Å². The summed E-state index contributed by atoms with van der Waals surface area (Å²) >= 11 is 3.46. The largest absolute Gasteiger partial charge is 0.491 e. The molecule has 3 heteroatoms. The Hall–Kier alpha value is -1.32. The number of benzene rings is 2. The summed E-state index contributed by atoms with van der Waals surface area (Å²) in [7, 11) is 0. The molecule has 0 amide bonds. The van der Waals surface area contributed by atoms with E-state index in [0.717, 1.165) is 21.3 Å². The van der Waals surface area contributed by atoms with Crippen LogP contribution >= 0.6 is 15.9 Å². The molecule has 0 fully saturated rings. The zero-order valence-corrected chi connectivity index (χ0v) is 12.6. The topological polar surface area (TPSA) is 29.5 Å². The van der Waals surface area contributed by atoms with Gasteiger partial charge in [0.25, 0.3) is 0 Å². The first-order chi connectivity index (χ1) is 9.08. The minimum Gasteiger partial charge on any atom is -0.491 e. The van der Waals surface area contributed by atoms with Crippen molar-refractivity contribution < 1.29 is 9.84 Å². The van der Waals surface area contributed by atoms with Gasteiger partial charge in [0.1, 0.15) is 11.9 Å². The van der Waals surface area contributed by atoms with E-state index in [1.807, 2.05) is 62.4 Å². The maximum Gasteiger partial charge on any atom is 0.120 e. The molecule has 2 aromatic carbocycles. The third-order valence-electron chi connectivity index (χ3n) is 2.75. The molecule has 1 unspecified atom stereocenters. The minimum atomic E-state index is -0.661. The quantitative estimate of drug-likeness (QED) is 0.909. The van der Waals surface area contributed by atoms with Gasteiger partial charge >= 0.3 is 0 Å². The molecule has 0 aliphatic heterocycles. The smallest absolute Gasteiger partial charge is 0.120 e. The molecule has 0 heterocycles. The first-order valence-electron chi connectivity index (χ1n) is 6.27. The second-order valence-electron chi connectivity index (χ2n) is 4.66. The molecule has 1 N–H and O–H groups in total. The van der Waals surface area contributed by atoms with Crippen LogP contribution in [0.2, 0.25) is 0 Å². The standard InChI is InChI=1S/C16H17BrO2/c1-11(2)19-13-7-5-6-12(10-13)16(18)14-8-3-4-9-15(14)17/h3-11,16,18H,1-2H3. The SMILES string of the molecule is CC(C)Oc1cccc(C(O)c2ccccc2Br)c1. The molecule has 0 spiro atoms. The Bertz CT molecular complexity index is 552. The van der Waals surface area contributed by atoms with Crippen molar-refractivity contribution >= 4 is 15.9 Å². The highest BCUT2D eigenvalue weighted by atomic mass is 79.9. The fourth-order valence-electron chi connectivity index (χ4n) is 1.91. The maximum absolute atomic E-state index is 10.4. The molecule has 1 atom stereocenters. The predicted molar refractivity (Wildman–Crippen MR) is 80.4 cm³/mol. The molecular formula is C16H17BrO2. The van der Waals surface area contributed by atoms with E-state index in [2.05, 4.69) is 15.9 Å². The molecule has 0 saturated heterocycles. The van der Waals surface area contributed by atoms with Gasteiger partial charge in [0.2, 0.25) is 0 Å². The lowest BCUT2D eigenvalue weighted by Gasteiger charge is -2.15. The number of halogens is 1. The summed E-state index contributed by atoms with van der Waals surface area (Å²) < 4.78 is 6.55. The number of hydrogen-bond donors (Lipinski definition) is 1. The van der Waals surface area contributed by atoms with Crippen LogP contribution in [-0.4, -0.2) is 11.2 Å². The van der Waals surface area contributed by atoms with Crippen LogP contribution in [0.1, 0.15) is 31.1 Å². The van der Waals surface area contributed by atoms with Gasteiger partial charge in [0.05, 0.1) is 6.10 Å². The molecule has 19 heavy (non-hydrogen) atoms. The average Bonchev–Trinajstić information content (AvgIpc) is 2.38. The summed E-state index contributed by atoms with van der Waals surface area (Å²) in [4.78, 5) is 0. The van der Waals surface area contributed by atoms with Gasteiger partial charge in [-0.2, -0.15) is 0 Å². The fraction of sp³-hybridized carbons (Fsp3) is 0.250. The molecule has 100 valence electrons. The van der Waals surface area contributed by atoms with Gasteiger partial charge < -0.3 is 9.84 Å². The molecule has 0 aliphatic rings. The summed E-state index contributed by atoms with van der Waals surface area (Å²) in [5.41, 5.74) is 1.68. The van der Waals surface area contributed by atoms with Crippen molar-refractivity contribution in [2.24, 2.45) is 0 Å². The van der Waals surface area contributed by atoms with Crippen LogP contribution in [0, 0.1) is 0 Å². The highest BCUT2D eigenvalue weighted by Crippen LogP contribution is 2.30. The first kappa shape index (κ1) is 14.1. The van der Waals surface area contributed by atoms with Crippen molar-refractivity contribution in [3.8, 4) is 5.75 Å². The lowest BCUT2D eigenvalue weighted by molar-refractivity contribution is 0.216. The van der Waals surface area contributed by atoms with Crippen LogP contribution in [0.5, 0.6) is 5.75 Å². The van der Waals surface area contributed by atoms with Gasteiger partial charge in [-0.1, -0.05) is 46.3 Å². The lowest BCUT2D eigenvalue weighted by atomic mass is 10.0. The highest BCUT2D eigenvalue weighted by Gasteiger charge is 2.13. The Morgan fingerprint density at radius 3 is 2.47 bits per heavy atom. The van der Waals surface area contributed by atoms with Crippen molar-refractivity contribution in [1.82, 2.24) is 0 Å². The van der Waals surface area contributed by atoms with Gasteiger partial charge in [-0.3, -0.25) is 0 Å². The summed E-state index contributed by atoms with van der Waals surface area (Å²) in [6.07, 6.45) is -0.540. The van der Waals surface area contributed by atoms with E-state index in [1.54, 1.807) is 0 Å². The van der Waals surface area contributed by atoms with E-state index < -0.39 is 6.10 Å². The van der Waals surface area contributed by atoms with Crippen molar-refractivity contribution in [2.45, 2.75) is 26.1 Å². The second-order valence-corrected chi connectivity index (χ2v) is 5.52. The Morgan fingerprint density at radius 1 is 1.05 bits per heavy atom. The Kier molecular flexibility index (Phi) is 4.61. The van der Waals surface area contributed by atoms with Gasteiger partial charge in [-0.25, -0.2) is 0 Å². The number of hydrogen-bond acceptors (Lipinski definition) is 2. The van der Waals surface area contributed by atoms with E-state index in [0.29, 0.717) is 0 Å². The molecule has 0 aromatic heterocycles. The summed E-state index contributed by atoms with van der Waals surface area (Å²) in [5.74, 6) is 0.776. The van der Waals surface area contributed by atoms with Crippen LogP contribution in [-0.2, 0) is 0 Å². The van der Waals surface area contributed by atoms with Gasteiger partial charge in [0.15, 0.2) is 0 Å². The molecular weight excluding hydrogens is 304 g/mol. The van der Waals surface area contributed by atoms with Crippen molar-refractivity contribution in [1.29, 1.82) is 0 Å². The van der Waals surface area contributed by atoms with E-state index in [1.165, 1.54) is 0 Å². The van der Waals surface area contributed by atoms with Crippen molar-refractivity contribution in [2.75, 3.05) is 0 Å². The van der Waals surface area contributed by atoms with Crippen LogP contribution < -0.4 is 4.74 Å². The zero-order valence-electron chi connectivity index (χ0n) is 11.0. The van der Waals surface area contributed by atoms with Crippen LogP contribution in [0.4, 0.5) is 0 Å². The van der Waals surface area contributed by atoms with Crippen LogP contribution in [0.25, 0.3) is 0 Å². The number of aliphatic hydroxyl groups excluding tert-OH is 1.